The first-order valence-corrected chi connectivity index (χ1v) is 5.55. The van der Waals surface area contributed by atoms with E-state index in [4.69, 9.17) is 4.55 Å². The van der Waals surface area contributed by atoms with Crippen LogP contribution >= 0.6 is 0 Å². The first-order chi connectivity index (χ1) is 6.46. The molecule has 0 aliphatic rings. The number of allylic oxidation sites excluding steroid dienone is 1. The fourth-order valence-electron chi connectivity index (χ4n) is 1.11. The molecule has 1 N–H and O–H groups in total. The van der Waals surface area contributed by atoms with E-state index in [2.05, 4.69) is 11.6 Å². The van der Waals surface area contributed by atoms with Crippen LogP contribution in [0.15, 0.2) is 25.0 Å². The van der Waals surface area contributed by atoms with Gasteiger partial charge in [-0.05, 0) is 6.92 Å². The van der Waals surface area contributed by atoms with E-state index >= 15 is 0 Å². The van der Waals surface area contributed by atoms with Gasteiger partial charge in [0.2, 0.25) is 0 Å². The highest BCUT2D eigenvalue weighted by molar-refractivity contribution is 7.86. The Kier molecular flexibility index (Phi) is 3.07. The van der Waals surface area contributed by atoms with Gasteiger partial charge in [-0.25, -0.2) is 4.98 Å². The number of nitrogens with zero attached hydrogens (tertiary/aromatic N) is 2. The van der Waals surface area contributed by atoms with Crippen LogP contribution in [-0.4, -0.2) is 22.5 Å². The van der Waals surface area contributed by atoms with Gasteiger partial charge in [-0.3, -0.25) is 4.55 Å². The van der Waals surface area contributed by atoms with Gasteiger partial charge in [-0.15, -0.1) is 6.58 Å². The molecule has 0 bridgehead atoms. The lowest BCUT2D eigenvalue weighted by Crippen LogP contribution is -2.14. The highest BCUT2D eigenvalue weighted by Gasteiger charge is 2.23. The molecule has 1 aromatic heterocycles. The van der Waals surface area contributed by atoms with Crippen molar-refractivity contribution in [2.24, 2.45) is 0 Å². The molecule has 0 aliphatic carbocycles. The van der Waals surface area contributed by atoms with Crippen LogP contribution in [0.5, 0.6) is 0 Å². The molecule has 78 valence electrons. The molecular weight excluding hydrogens is 204 g/mol. The SMILES string of the molecule is C=CCn1ccnc1C(C)S(=O)(=O)O. The van der Waals surface area contributed by atoms with Crippen molar-refractivity contribution >= 4 is 10.1 Å². The number of imidazole rings is 1. The molecule has 0 fully saturated rings. The summed E-state index contributed by atoms with van der Waals surface area (Å²) in [6.45, 7) is 5.39. The zero-order valence-corrected chi connectivity index (χ0v) is 8.61. The first-order valence-electron chi connectivity index (χ1n) is 4.05. The van der Waals surface area contributed by atoms with E-state index in [1.165, 1.54) is 13.1 Å². The molecule has 0 saturated heterocycles. The molecule has 0 radical (unpaired) electrons. The van der Waals surface area contributed by atoms with Gasteiger partial charge in [0.15, 0.2) is 0 Å². The third-order valence-corrected chi connectivity index (χ3v) is 2.99. The number of hydrogen-bond donors (Lipinski definition) is 1. The van der Waals surface area contributed by atoms with Gasteiger partial charge >= 0.3 is 0 Å². The van der Waals surface area contributed by atoms with Gasteiger partial charge in [0, 0.05) is 18.9 Å². The molecule has 1 aromatic rings. The van der Waals surface area contributed by atoms with Crippen molar-refractivity contribution in [2.45, 2.75) is 18.7 Å². The quantitative estimate of drug-likeness (QED) is 0.602. The standard InChI is InChI=1S/C8H12N2O3S/c1-3-5-10-6-4-9-8(10)7(2)14(11,12)13/h3-4,6-7H,1,5H2,2H3,(H,11,12,13). The van der Waals surface area contributed by atoms with Gasteiger partial charge in [0.25, 0.3) is 10.1 Å². The third-order valence-electron chi connectivity index (χ3n) is 1.88. The molecule has 0 aliphatic heterocycles. The van der Waals surface area contributed by atoms with Crippen molar-refractivity contribution in [1.29, 1.82) is 0 Å². The first kappa shape index (κ1) is 10.9. The zero-order valence-electron chi connectivity index (χ0n) is 7.79. The predicted octanol–water partition coefficient (Wildman–Crippen LogP) is 1.02. The summed E-state index contributed by atoms with van der Waals surface area (Å²) in [5.74, 6) is 0.312. The maximum Gasteiger partial charge on any atom is 0.274 e. The molecule has 1 unspecified atom stereocenters. The molecule has 1 rings (SSSR count). The van der Waals surface area contributed by atoms with Crippen molar-refractivity contribution in [1.82, 2.24) is 9.55 Å². The second-order valence-corrected chi connectivity index (χ2v) is 4.62. The Hall–Kier alpha value is -1.14. The fraction of sp³-hybridized carbons (Fsp3) is 0.375. The minimum atomic E-state index is -4.08. The Morgan fingerprint density at radius 3 is 2.93 bits per heavy atom. The van der Waals surface area contributed by atoms with E-state index in [0.717, 1.165) is 0 Å². The predicted molar refractivity (Wildman–Crippen MR) is 52.4 cm³/mol. The summed E-state index contributed by atoms with van der Waals surface area (Å²) in [5.41, 5.74) is 0. The Bertz CT molecular complexity index is 422. The fourth-order valence-corrected chi connectivity index (χ4v) is 1.57. The summed E-state index contributed by atoms with van der Waals surface area (Å²) in [5, 5.41) is -1.02. The van der Waals surface area contributed by atoms with Gasteiger partial charge in [0.05, 0.1) is 0 Å². The van der Waals surface area contributed by atoms with E-state index in [0.29, 0.717) is 12.4 Å². The molecule has 6 heteroatoms. The van der Waals surface area contributed by atoms with E-state index in [9.17, 15) is 8.42 Å². The average Bonchev–Trinajstić information content (AvgIpc) is 2.50. The van der Waals surface area contributed by atoms with Crippen LogP contribution in [0.2, 0.25) is 0 Å². The topological polar surface area (TPSA) is 72.2 Å². The molecule has 0 amide bonds. The smallest absolute Gasteiger partial charge is 0.274 e. The Labute approximate surface area is 82.8 Å². The number of aromatic nitrogens is 2. The molecular formula is C8H12N2O3S. The highest BCUT2D eigenvalue weighted by atomic mass is 32.2. The van der Waals surface area contributed by atoms with E-state index < -0.39 is 15.4 Å². The molecule has 1 atom stereocenters. The van der Waals surface area contributed by atoms with Crippen molar-refractivity contribution in [3.05, 3.63) is 30.9 Å². The lowest BCUT2D eigenvalue weighted by Gasteiger charge is -2.09. The van der Waals surface area contributed by atoms with Crippen LogP contribution in [0.3, 0.4) is 0 Å². The summed E-state index contributed by atoms with van der Waals surface area (Å²) >= 11 is 0. The largest absolute Gasteiger partial charge is 0.330 e. The average molecular weight is 216 g/mol. The monoisotopic (exact) mass is 216 g/mol. The van der Waals surface area contributed by atoms with Crippen molar-refractivity contribution < 1.29 is 13.0 Å². The Balaban J connectivity index is 3.06. The summed E-state index contributed by atoms with van der Waals surface area (Å²) < 4.78 is 32.2. The lowest BCUT2D eigenvalue weighted by molar-refractivity contribution is 0.467. The summed E-state index contributed by atoms with van der Waals surface area (Å²) in [4.78, 5) is 3.88. The van der Waals surface area contributed by atoms with Crippen LogP contribution in [0.4, 0.5) is 0 Å². The highest BCUT2D eigenvalue weighted by Crippen LogP contribution is 2.18. The van der Waals surface area contributed by atoms with Crippen molar-refractivity contribution in [3.8, 4) is 0 Å². The van der Waals surface area contributed by atoms with Crippen LogP contribution in [0.25, 0.3) is 0 Å². The summed E-state index contributed by atoms with van der Waals surface area (Å²) in [7, 11) is -4.08. The van der Waals surface area contributed by atoms with Gasteiger partial charge in [-0.1, -0.05) is 6.08 Å². The minimum Gasteiger partial charge on any atom is -0.330 e. The number of rotatable bonds is 4. The second-order valence-electron chi connectivity index (χ2n) is 2.88. The van der Waals surface area contributed by atoms with E-state index in [1.54, 1.807) is 16.8 Å². The third kappa shape index (κ3) is 2.21. The number of hydrogen-bond acceptors (Lipinski definition) is 3. The van der Waals surface area contributed by atoms with Crippen molar-refractivity contribution in [3.63, 3.8) is 0 Å². The molecule has 0 saturated carbocycles. The molecule has 0 aromatic carbocycles. The second kappa shape index (κ2) is 3.93. The van der Waals surface area contributed by atoms with Gasteiger partial charge in [-0.2, -0.15) is 8.42 Å². The molecule has 5 nitrogen and oxygen atoms in total. The molecule has 14 heavy (non-hydrogen) atoms. The minimum absolute atomic E-state index is 0.312. The molecule has 1 heterocycles. The summed E-state index contributed by atoms with van der Waals surface area (Å²) in [6, 6.07) is 0. The summed E-state index contributed by atoms with van der Waals surface area (Å²) in [6.07, 6.45) is 4.75. The van der Waals surface area contributed by atoms with Crippen LogP contribution in [-0.2, 0) is 16.7 Å². The van der Waals surface area contributed by atoms with E-state index in [-0.39, 0.29) is 0 Å². The Morgan fingerprint density at radius 1 is 1.79 bits per heavy atom. The molecule has 0 spiro atoms. The van der Waals surface area contributed by atoms with Crippen molar-refractivity contribution in [2.75, 3.05) is 0 Å². The van der Waals surface area contributed by atoms with Crippen LogP contribution in [0.1, 0.15) is 18.0 Å². The van der Waals surface area contributed by atoms with Gasteiger partial charge in [0.1, 0.15) is 11.1 Å². The van der Waals surface area contributed by atoms with Gasteiger partial charge < -0.3 is 4.57 Å². The Morgan fingerprint density at radius 2 is 2.43 bits per heavy atom. The lowest BCUT2D eigenvalue weighted by atomic mass is 10.4. The zero-order chi connectivity index (χ0) is 10.8. The maximum atomic E-state index is 10.9. The van der Waals surface area contributed by atoms with Crippen LogP contribution < -0.4 is 0 Å². The maximum absolute atomic E-state index is 10.9. The van der Waals surface area contributed by atoms with Crippen LogP contribution in [0, 0.1) is 0 Å². The normalized spacial score (nSPS) is 13.9. The van der Waals surface area contributed by atoms with E-state index in [1.807, 2.05) is 0 Å².